The second kappa shape index (κ2) is 58.4. The molecule has 1 atom stereocenters. The van der Waals surface area contributed by atoms with Crippen molar-refractivity contribution in [2.45, 2.75) is 290 Å². The number of hydrogen-bond donors (Lipinski definition) is 1. The summed E-state index contributed by atoms with van der Waals surface area (Å²) in [5.74, 6) is -0.732. The molecule has 0 aliphatic carbocycles. The quantitative estimate of drug-likeness (QED) is 0.0374. The molecule has 0 aromatic rings. The summed E-state index contributed by atoms with van der Waals surface area (Å²) < 4.78 is 10.6. The molecule has 0 saturated carbocycles. The van der Waals surface area contributed by atoms with E-state index in [4.69, 9.17) is 9.47 Å². The Morgan fingerprint density at radius 1 is 0.368 bits per heavy atom. The molecule has 68 heavy (non-hydrogen) atoms. The SMILES string of the molecule is CC/C=C\C/C=C\C/C=C\C/C=C\C/C=C\CC(=O)OC(CO)COC(=O)CCCCCCCCCCCCCCCCCCCCCCCCCCCCC/C=C\C/C=C\CCCCCCC. The van der Waals surface area contributed by atoms with Gasteiger partial charge >= 0.3 is 11.9 Å². The highest BCUT2D eigenvalue weighted by Gasteiger charge is 2.15. The molecule has 0 bridgehead atoms. The molecule has 5 nitrogen and oxygen atoms in total. The lowest BCUT2D eigenvalue weighted by Crippen LogP contribution is -2.28. The Hall–Kier alpha value is -2.92. The number of hydrogen-bond acceptors (Lipinski definition) is 5. The second-order valence-electron chi connectivity index (χ2n) is 19.4. The van der Waals surface area contributed by atoms with Gasteiger partial charge in [0.1, 0.15) is 6.61 Å². The van der Waals surface area contributed by atoms with Crippen molar-refractivity contribution in [1.29, 1.82) is 0 Å². The first-order valence-corrected chi connectivity index (χ1v) is 29.1. The van der Waals surface area contributed by atoms with Crippen molar-refractivity contribution in [3.63, 3.8) is 0 Å². The van der Waals surface area contributed by atoms with E-state index in [1.54, 1.807) is 6.08 Å². The number of carbonyl (C=O) groups excluding carboxylic acids is 2. The van der Waals surface area contributed by atoms with Crippen molar-refractivity contribution in [3.05, 3.63) is 85.1 Å². The Labute approximate surface area is 422 Å². The molecule has 0 spiro atoms. The minimum atomic E-state index is -0.829. The zero-order valence-corrected chi connectivity index (χ0v) is 44.9. The van der Waals surface area contributed by atoms with Gasteiger partial charge in [-0.1, -0.05) is 285 Å². The first-order valence-electron chi connectivity index (χ1n) is 29.1. The lowest BCUT2D eigenvalue weighted by atomic mass is 10.0. The van der Waals surface area contributed by atoms with Gasteiger partial charge in [-0.3, -0.25) is 9.59 Å². The van der Waals surface area contributed by atoms with Gasteiger partial charge in [0, 0.05) is 6.42 Å². The number of rotatable bonds is 53. The van der Waals surface area contributed by atoms with Gasteiger partial charge in [0.05, 0.1) is 13.0 Å². The monoisotopic (exact) mass is 947 g/mol. The first kappa shape index (κ1) is 65.1. The molecule has 0 aliphatic rings. The van der Waals surface area contributed by atoms with Crippen molar-refractivity contribution >= 4 is 11.9 Å². The minimum Gasteiger partial charge on any atom is -0.462 e. The van der Waals surface area contributed by atoms with Crippen molar-refractivity contribution in [2.75, 3.05) is 13.2 Å². The van der Waals surface area contributed by atoms with Gasteiger partial charge in [-0.25, -0.2) is 0 Å². The van der Waals surface area contributed by atoms with E-state index in [1.165, 1.54) is 199 Å². The van der Waals surface area contributed by atoms with E-state index < -0.39 is 12.1 Å². The van der Waals surface area contributed by atoms with Crippen LogP contribution in [0, 0.1) is 0 Å². The molecule has 1 unspecified atom stereocenters. The molecule has 5 heteroatoms. The van der Waals surface area contributed by atoms with Crippen LogP contribution in [0.15, 0.2) is 85.1 Å². The molecule has 0 aromatic heterocycles. The van der Waals surface area contributed by atoms with Crippen LogP contribution in [0.1, 0.15) is 284 Å². The summed E-state index contributed by atoms with van der Waals surface area (Å²) in [7, 11) is 0. The maximum absolute atomic E-state index is 12.2. The number of unbranched alkanes of at least 4 members (excludes halogenated alkanes) is 32. The maximum atomic E-state index is 12.2. The highest BCUT2D eigenvalue weighted by Crippen LogP contribution is 2.17. The zero-order chi connectivity index (χ0) is 49.2. The average Bonchev–Trinajstić information content (AvgIpc) is 3.34. The molecule has 392 valence electrons. The third-order valence-electron chi connectivity index (χ3n) is 12.7. The number of aliphatic hydroxyl groups is 1. The number of carbonyl (C=O) groups is 2. The van der Waals surface area contributed by atoms with Crippen LogP contribution in [0.3, 0.4) is 0 Å². The van der Waals surface area contributed by atoms with Gasteiger partial charge in [-0.15, -0.1) is 0 Å². The summed E-state index contributed by atoms with van der Waals surface area (Å²) >= 11 is 0. The van der Waals surface area contributed by atoms with Crippen molar-refractivity contribution in [1.82, 2.24) is 0 Å². The van der Waals surface area contributed by atoms with Gasteiger partial charge < -0.3 is 14.6 Å². The summed E-state index contributed by atoms with van der Waals surface area (Å²) in [6.45, 7) is 3.95. The normalized spacial score (nSPS) is 12.8. The molecular formula is C63H110O5. The van der Waals surface area contributed by atoms with Crippen molar-refractivity contribution in [2.24, 2.45) is 0 Å². The van der Waals surface area contributed by atoms with E-state index in [9.17, 15) is 14.7 Å². The largest absolute Gasteiger partial charge is 0.462 e. The zero-order valence-electron chi connectivity index (χ0n) is 44.9. The van der Waals surface area contributed by atoms with Crippen LogP contribution in [-0.2, 0) is 19.1 Å². The Morgan fingerprint density at radius 2 is 0.676 bits per heavy atom. The van der Waals surface area contributed by atoms with E-state index in [1.807, 2.05) is 6.08 Å². The lowest BCUT2D eigenvalue weighted by molar-refractivity contribution is -0.160. The first-order chi connectivity index (χ1) is 33.6. The van der Waals surface area contributed by atoms with Gasteiger partial charge in [0.25, 0.3) is 0 Å². The lowest BCUT2D eigenvalue weighted by Gasteiger charge is -2.15. The molecule has 1 N–H and O–H groups in total. The molecule has 0 saturated heterocycles. The Morgan fingerprint density at radius 3 is 1.03 bits per heavy atom. The van der Waals surface area contributed by atoms with Crippen LogP contribution in [0.4, 0.5) is 0 Å². The Balaban J connectivity index is 3.42. The van der Waals surface area contributed by atoms with Gasteiger partial charge in [0.2, 0.25) is 0 Å². The predicted octanol–water partition coefficient (Wildman–Crippen LogP) is 19.8. The van der Waals surface area contributed by atoms with E-state index in [0.29, 0.717) is 6.42 Å². The predicted molar refractivity (Wildman–Crippen MR) is 297 cm³/mol. The minimum absolute atomic E-state index is 0.106. The van der Waals surface area contributed by atoms with E-state index >= 15 is 0 Å². The summed E-state index contributed by atoms with van der Waals surface area (Å²) in [6, 6.07) is 0. The van der Waals surface area contributed by atoms with Crippen LogP contribution in [0.5, 0.6) is 0 Å². The topological polar surface area (TPSA) is 72.8 Å². The van der Waals surface area contributed by atoms with E-state index in [-0.39, 0.29) is 25.6 Å². The van der Waals surface area contributed by atoms with Crippen LogP contribution < -0.4 is 0 Å². The highest BCUT2D eigenvalue weighted by atomic mass is 16.6. The van der Waals surface area contributed by atoms with Crippen molar-refractivity contribution in [3.8, 4) is 0 Å². The molecule has 0 fully saturated rings. The van der Waals surface area contributed by atoms with Crippen molar-refractivity contribution < 1.29 is 24.2 Å². The number of allylic oxidation sites excluding steroid dienone is 13. The van der Waals surface area contributed by atoms with Crippen LogP contribution in [0.25, 0.3) is 0 Å². The molecule has 0 radical (unpaired) electrons. The molecule has 0 aliphatic heterocycles. The fraction of sp³-hybridized carbons (Fsp3) is 0.746. The molecule has 0 aromatic carbocycles. The summed E-state index contributed by atoms with van der Waals surface area (Å²) in [5, 5.41) is 9.60. The third-order valence-corrected chi connectivity index (χ3v) is 12.7. The molecular weight excluding hydrogens is 837 g/mol. The van der Waals surface area contributed by atoms with E-state index in [0.717, 1.165) is 57.8 Å². The van der Waals surface area contributed by atoms with Gasteiger partial charge in [-0.2, -0.15) is 0 Å². The summed E-state index contributed by atoms with van der Waals surface area (Å²) in [4.78, 5) is 24.4. The fourth-order valence-corrected chi connectivity index (χ4v) is 8.37. The molecule has 0 rings (SSSR count). The average molecular weight is 948 g/mol. The summed E-state index contributed by atoms with van der Waals surface area (Å²) in [6.07, 6.45) is 81.9. The Bertz CT molecular complexity index is 1250. The number of ether oxygens (including phenoxy) is 2. The highest BCUT2D eigenvalue weighted by molar-refractivity contribution is 5.71. The maximum Gasteiger partial charge on any atom is 0.310 e. The molecule has 0 amide bonds. The van der Waals surface area contributed by atoms with Crippen LogP contribution >= 0.6 is 0 Å². The standard InChI is InChI=1S/C63H110O5/c1-3-5-7-9-11-13-15-17-19-20-21-22-23-24-25-26-27-28-29-30-31-32-33-34-35-36-37-38-39-40-41-42-44-45-47-49-51-53-55-57-62(65)67-60-61(59-64)68-63(66)58-56-54-52-50-48-46-43-18-16-14-12-10-8-6-4-2/h6,8,12,14-15,17-18,20-21,43,48,50,54,56,61,64H,3-5,7,9-11,13,16,19,22-42,44-47,49,51-53,55,57-60H2,1-2H3/b8-6-,14-12-,17-15-,21-20-,43-18-,50-48-,56-54-. The van der Waals surface area contributed by atoms with Crippen LogP contribution in [-0.4, -0.2) is 36.4 Å². The second-order valence-corrected chi connectivity index (χ2v) is 19.4. The van der Waals surface area contributed by atoms with Crippen LogP contribution in [0.2, 0.25) is 0 Å². The number of esters is 2. The van der Waals surface area contributed by atoms with Gasteiger partial charge in [0.15, 0.2) is 6.10 Å². The van der Waals surface area contributed by atoms with E-state index in [2.05, 4.69) is 86.8 Å². The van der Waals surface area contributed by atoms with Gasteiger partial charge in [-0.05, 0) is 70.6 Å². The Kier molecular flexibility index (Phi) is 55.9. The summed E-state index contributed by atoms with van der Waals surface area (Å²) in [5.41, 5.74) is 0. The molecule has 0 heterocycles. The fourth-order valence-electron chi connectivity index (χ4n) is 8.37. The smallest absolute Gasteiger partial charge is 0.310 e. The number of aliphatic hydroxyl groups excluding tert-OH is 1. The third kappa shape index (κ3) is 55.7.